The van der Waals surface area contributed by atoms with Gasteiger partial charge in [-0.05, 0) is 50.7 Å². The van der Waals surface area contributed by atoms with E-state index < -0.39 is 0 Å². The number of quaternary nitrogens is 1. The average Bonchev–Trinajstić information content (AvgIpc) is 2.68. The maximum atomic E-state index is 12.4. The van der Waals surface area contributed by atoms with Crippen LogP contribution in [0.3, 0.4) is 0 Å². The third-order valence-corrected chi connectivity index (χ3v) is 5.64. The summed E-state index contributed by atoms with van der Waals surface area (Å²) in [4.78, 5) is 12.4. The molecule has 1 saturated heterocycles. The van der Waals surface area contributed by atoms with Crippen LogP contribution in [0, 0.1) is 0 Å². The van der Waals surface area contributed by atoms with Gasteiger partial charge >= 0.3 is 5.97 Å². The quantitative estimate of drug-likeness (QED) is 0.228. The highest BCUT2D eigenvalue weighted by Crippen LogP contribution is 2.20. The number of allylic oxidation sites excluding steroid dienone is 1. The third kappa shape index (κ3) is 8.30. The SMILES string of the molecule is CCCCCCOC(=O)C[N+]1(C/C=C(\C)Cc2ccccc2)CCCCC1. The van der Waals surface area contributed by atoms with Gasteiger partial charge in [0, 0.05) is 0 Å². The molecule has 1 aromatic carbocycles. The van der Waals surface area contributed by atoms with Gasteiger partial charge in [-0.3, -0.25) is 0 Å². The molecule has 3 nitrogen and oxygen atoms in total. The van der Waals surface area contributed by atoms with Gasteiger partial charge < -0.3 is 9.22 Å². The lowest BCUT2D eigenvalue weighted by atomic mass is 10.0. The first-order chi connectivity index (χ1) is 13.1. The van der Waals surface area contributed by atoms with Crippen LogP contribution >= 0.6 is 0 Å². The van der Waals surface area contributed by atoms with E-state index in [4.69, 9.17) is 4.74 Å². The summed E-state index contributed by atoms with van der Waals surface area (Å²) in [5.74, 6) is -0.0116. The minimum absolute atomic E-state index is 0.0116. The zero-order chi connectivity index (χ0) is 19.4. The molecule has 0 spiro atoms. The van der Waals surface area contributed by atoms with Gasteiger partial charge in [0.2, 0.25) is 0 Å². The van der Waals surface area contributed by atoms with Crippen molar-refractivity contribution in [1.29, 1.82) is 0 Å². The van der Waals surface area contributed by atoms with E-state index in [1.807, 2.05) is 0 Å². The van der Waals surface area contributed by atoms with Crippen molar-refractivity contribution in [2.75, 3.05) is 32.8 Å². The van der Waals surface area contributed by atoms with Crippen LogP contribution in [0.25, 0.3) is 0 Å². The van der Waals surface area contributed by atoms with Crippen LogP contribution in [-0.4, -0.2) is 43.2 Å². The molecule has 1 aliphatic rings. The zero-order valence-corrected chi connectivity index (χ0v) is 17.4. The molecule has 1 aliphatic heterocycles. The van der Waals surface area contributed by atoms with Gasteiger partial charge in [-0.1, -0.05) is 62.1 Å². The Bertz CT molecular complexity index is 573. The monoisotopic (exact) mass is 372 g/mol. The number of hydrogen-bond donors (Lipinski definition) is 0. The van der Waals surface area contributed by atoms with Gasteiger partial charge in [0.25, 0.3) is 0 Å². The second kappa shape index (κ2) is 12.0. The number of hydrogen-bond acceptors (Lipinski definition) is 2. The normalized spacial score (nSPS) is 16.9. The van der Waals surface area contributed by atoms with Crippen LogP contribution < -0.4 is 0 Å². The van der Waals surface area contributed by atoms with Crippen LogP contribution in [0.4, 0.5) is 0 Å². The molecule has 1 fully saturated rings. The number of rotatable bonds is 11. The Kier molecular flexibility index (Phi) is 9.61. The van der Waals surface area contributed by atoms with Gasteiger partial charge in [0.15, 0.2) is 6.54 Å². The summed E-state index contributed by atoms with van der Waals surface area (Å²) in [5.41, 5.74) is 2.74. The lowest BCUT2D eigenvalue weighted by molar-refractivity contribution is -0.920. The van der Waals surface area contributed by atoms with E-state index in [1.165, 1.54) is 43.2 Å². The van der Waals surface area contributed by atoms with Crippen LogP contribution in [0.5, 0.6) is 0 Å². The largest absolute Gasteiger partial charge is 0.462 e. The highest BCUT2D eigenvalue weighted by atomic mass is 16.5. The average molecular weight is 373 g/mol. The van der Waals surface area contributed by atoms with Gasteiger partial charge in [0.1, 0.15) is 0 Å². The van der Waals surface area contributed by atoms with Crippen molar-refractivity contribution >= 4 is 5.97 Å². The Balaban J connectivity index is 1.87. The first-order valence-electron chi connectivity index (χ1n) is 10.8. The molecule has 2 rings (SSSR count). The fourth-order valence-electron chi connectivity index (χ4n) is 3.96. The second-order valence-electron chi connectivity index (χ2n) is 8.18. The van der Waals surface area contributed by atoms with Gasteiger partial charge in [0.05, 0.1) is 26.2 Å². The molecule has 27 heavy (non-hydrogen) atoms. The van der Waals surface area contributed by atoms with Crippen molar-refractivity contribution in [3.63, 3.8) is 0 Å². The van der Waals surface area contributed by atoms with E-state index in [1.54, 1.807) is 0 Å². The molecule has 150 valence electrons. The summed E-state index contributed by atoms with van der Waals surface area (Å²) < 4.78 is 6.42. The molecule has 0 aromatic heterocycles. The topological polar surface area (TPSA) is 26.3 Å². The molecule has 0 aliphatic carbocycles. The maximum absolute atomic E-state index is 12.4. The number of ether oxygens (including phenoxy) is 1. The third-order valence-electron chi connectivity index (χ3n) is 5.64. The smallest absolute Gasteiger partial charge is 0.361 e. The Labute approximate surface area is 166 Å². The number of carbonyl (C=O) groups is 1. The lowest BCUT2D eigenvalue weighted by Crippen LogP contribution is -2.54. The van der Waals surface area contributed by atoms with Gasteiger partial charge in [-0.2, -0.15) is 0 Å². The highest BCUT2D eigenvalue weighted by Gasteiger charge is 2.32. The number of piperidine rings is 1. The van der Waals surface area contributed by atoms with Crippen molar-refractivity contribution in [2.45, 2.75) is 65.2 Å². The van der Waals surface area contributed by atoms with Crippen molar-refractivity contribution in [3.05, 3.63) is 47.5 Å². The standard InChI is InChI=1S/C24H38NO2/c1-3-4-5-12-19-27-24(26)21-25(16-10-7-11-17-25)18-15-22(2)20-23-13-8-6-9-14-23/h6,8-9,13-15H,3-5,7,10-12,16-21H2,1-2H3/q+1/b22-15+. The summed E-state index contributed by atoms with van der Waals surface area (Å²) in [6.07, 6.45) is 11.7. The van der Waals surface area contributed by atoms with Crippen LogP contribution in [0.2, 0.25) is 0 Å². The molecule has 0 unspecified atom stereocenters. The van der Waals surface area contributed by atoms with E-state index in [-0.39, 0.29) is 5.97 Å². The Morgan fingerprint density at radius 2 is 1.81 bits per heavy atom. The van der Waals surface area contributed by atoms with Crippen molar-refractivity contribution in [2.24, 2.45) is 0 Å². The number of carbonyl (C=O) groups excluding carboxylic acids is 1. The minimum Gasteiger partial charge on any atom is -0.462 e. The van der Waals surface area contributed by atoms with Crippen LogP contribution in [-0.2, 0) is 16.0 Å². The number of esters is 1. The Morgan fingerprint density at radius 1 is 1.07 bits per heavy atom. The molecular weight excluding hydrogens is 334 g/mol. The van der Waals surface area contributed by atoms with Gasteiger partial charge in [-0.25, -0.2) is 4.79 Å². The lowest BCUT2D eigenvalue weighted by Gasteiger charge is -2.40. The number of unbranched alkanes of at least 4 members (excludes halogenated alkanes) is 3. The fourth-order valence-corrected chi connectivity index (χ4v) is 3.96. The number of likely N-dealkylation sites (tertiary alicyclic amines) is 1. The first-order valence-corrected chi connectivity index (χ1v) is 10.8. The first kappa shape index (κ1) is 21.7. The molecule has 1 heterocycles. The predicted molar refractivity (Wildman–Crippen MR) is 113 cm³/mol. The van der Waals surface area contributed by atoms with E-state index >= 15 is 0 Å². The maximum Gasteiger partial charge on any atom is 0.361 e. The van der Waals surface area contributed by atoms with Crippen LogP contribution in [0.1, 0.15) is 64.4 Å². The Hall–Kier alpha value is -1.61. The molecule has 3 heteroatoms. The molecule has 1 aromatic rings. The fraction of sp³-hybridized carbons (Fsp3) is 0.625. The summed E-state index contributed by atoms with van der Waals surface area (Å²) in [6.45, 7) is 8.66. The highest BCUT2D eigenvalue weighted by molar-refractivity contribution is 5.70. The van der Waals surface area contributed by atoms with E-state index in [9.17, 15) is 4.79 Å². The van der Waals surface area contributed by atoms with E-state index in [0.29, 0.717) is 13.2 Å². The molecule has 0 amide bonds. The second-order valence-corrected chi connectivity index (χ2v) is 8.18. The van der Waals surface area contributed by atoms with E-state index in [2.05, 4.69) is 50.3 Å². The summed E-state index contributed by atoms with van der Waals surface area (Å²) in [5, 5.41) is 0. The summed E-state index contributed by atoms with van der Waals surface area (Å²) in [7, 11) is 0. The Morgan fingerprint density at radius 3 is 2.52 bits per heavy atom. The van der Waals surface area contributed by atoms with Crippen LogP contribution in [0.15, 0.2) is 42.0 Å². The number of nitrogens with zero attached hydrogens (tertiary/aromatic N) is 1. The minimum atomic E-state index is -0.0116. The van der Waals surface area contributed by atoms with Gasteiger partial charge in [-0.15, -0.1) is 0 Å². The molecule has 0 radical (unpaired) electrons. The molecular formula is C24H38NO2+. The molecule has 0 N–H and O–H groups in total. The molecule has 0 atom stereocenters. The predicted octanol–water partition coefficient (Wildman–Crippen LogP) is 5.30. The molecule has 0 saturated carbocycles. The zero-order valence-electron chi connectivity index (χ0n) is 17.4. The van der Waals surface area contributed by atoms with Crippen molar-refractivity contribution in [1.82, 2.24) is 0 Å². The summed E-state index contributed by atoms with van der Waals surface area (Å²) in [6, 6.07) is 10.6. The van der Waals surface area contributed by atoms with E-state index in [0.717, 1.165) is 43.4 Å². The summed E-state index contributed by atoms with van der Waals surface area (Å²) >= 11 is 0. The van der Waals surface area contributed by atoms with Crippen molar-refractivity contribution < 1.29 is 14.0 Å². The van der Waals surface area contributed by atoms with Crippen molar-refractivity contribution in [3.8, 4) is 0 Å². The molecule has 0 bridgehead atoms. The number of benzene rings is 1.